The molecule has 0 radical (unpaired) electrons. The molecule has 1 aliphatic rings. The lowest BCUT2D eigenvalue weighted by Gasteiger charge is -2.23. The number of hydrogen-bond acceptors (Lipinski definition) is 1. The molecule has 3 rings (SSSR count). The fraction of sp³-hybridized carbons (Fsp3) is 0.294. The molecule has 2 aromatic carbocycles. The number of halogens is 4. The topological polar surface area (TPSA) is 7.68 Å². The van der Waals surface area contributed by atoms with Gasteiger partial charge in [-0.15, -0.1) is 0 Å². The number of nitrogens with one attached hydrogen (secondary N) is 1. The first kappa shape index (κ1) is 17.8. The summed E-state index contributed by atoms with van der Waals surface area (Å²) in [6.07, 6.45) is -4.22. The fourth-order valence-electron chi connectivity index (χ4n) is 2.95. The summed E-state index contributed by atoms with van der Waals surface area (Å²) >= 11 is 0. The number of rotatable bonds is 2. The monoisotopic (exact) mass is 386 g/mol. The van der Waals surface area contributed by atoms with Crippen LogP contribution in [0.1, 0.15) is 18.1 Å². The summed E-state index contributed by atoms with van der Waals surface area (Å²) in [4.78, 5) is 3.15. The third kappa shape index (κ3) is 3.38. The number of hydrogen-bond donors (Lipinski definition) is 1. The van der Waals surface area contributed by atoms with Crippen molar-refractivity contribution in [3.63, 3.8) is 0 Å². The third-order valence-electron chi connectivity index (χ3n) is 4.35. The Morgan fingerprint density at radius 2 is 1.74 bits per heavy atom. The SMILES string of the molecule is CC1N(Cc2ccccc2)c2cc(C(F)(F)F)ccc2[NH+]1C.[Br-]. The molecular weight excluding hydrogens is 369 g/mol. The molecule has 2 nitrogen and oxygen atoms in total. The van der Waals surface area contributed by atoms with Crippen LogP contribution in [0.2, 0.25) is 0 Å². The summed E-state index contributed by atoms with van der Waals surface area (Å²) in [5, 5.41) is 0. The first-order valence-corrected chi connectivity index (χ1v) is 7.23. The fourth-order valence-corrected chi connectivity index (χ4v) is 2.95. The number of nitrogens with zero attached hydrogens (tertiary/aromatic N) is 1. The van der Waals surface area contributed by atoms with Crippen LogP contribution in [-0.2, 0) is 12.7 Å². The van der Waals surface area contributed by atoms with Crippen LogP contribution < -0.4 is 26.8 Å². The molecule has 0 bridgehead atoms. The van der Waals surface area contributed by atoms with E-state index in [1.54, 1.807) is 6.07 Å². The maximum Gasteiger partial charge on any atom is 0.416 e. The second kappa shape index (κ2) is 6.53. The van der Waals surface area contributed by atoms with Gasteiger partial charge in [0.1, 0.15) is 5.69 Å². The lowest BCUT2D eigenvalue weighted by Crippen LogP contribution is -3.07. The van der Waals surface area contributed by atoms with Crippen LogP contribution in [0.4, 0.5) is 24.5 Å². The molecule has 2 aromatic rings. The van der Waals surface area contributed by atoms with Crippen molar-refractivity contribution in [1.82, 2.24) is 0 Å². The molecule has 1 heterocycles. The van der Waals surface area contributed by atoms with Crippen LogP contribution in [0.5, 0.6) is 0 Å². The van der Waals surface area contributed by atoms with Gasteiger partial charge in [-0.1, -0.05) is 30.3 Å². The Labute approximate surface area is 144 Å². The van der Waals surface area contributed by atoms with Crippen LogP contribution in [0.3, 0.4) is 0 Å². The maximum atomic E-state index is 13.0. The van der Waals surface area contributed by atoms with E-state index in [4.69, 9.17) is 0 Å². The Hall–Kier alpha value is -1.53. The number of alkyl halides is 3. The van der Waals surface area contributed by atoms with E-state index in [2.05, 4.69) is 0 Å². The van der Waals surface area contributed by atoms with Gasteiger partial charge in [0.2, 0.25) is 0 Å². The van der Waals surface area contributed by atoms with Gasteiger partial charge in [-0.2, -0.15) is 13.2 Å². The Morgan fingerprint density at radius 1 is 1.09 bits per heavy atom. The maximum absolute atomic E-state index is 13.0. The molecule has 0 aliphatic carbocycles. The molecule has 124 valence electrons. The summed E-state index contributed by atoms with van der Waals surface area (Å²) in [5.74, 6) is 0. The van der Waals surface area contributed by atoms with Gasteiger partial charge >= 0.3 is 6.18 Å². The molecule has 1 N–H and O–H groups in total. The van der Waals surface area contributed by atoms with Crippen molar-refractivity contribution in [3.05, 3.63) is 59.7 Å². The summed E-state index contributed by atoms with van der Waals surface area (Å²) < 4.78 is 38.9. The highest BCUT2D eigenvalue weighted by molar-refractivity contribution is 5.67. The molecule has 2 atom stereocenters. The van der Waals surface area contributed by atoms with E-state index in [9.17, 15) is 13.2 Å². The minimum absolute atomic E-state index is 0. The number of quaternary nitrogens is 1. The van der Waals surface area contributed by atoms with Crippen molar-refractivity contribution in [1.29, 1.82) is 0 Å². The van der Waals surface area contributed by atoms with E-state index in [-0.39, 0.29) is 23.1 Å². The number of benzene rings is 2. The van der Waals surface area contributed by atoms with Crippen molar-refractivity contribution in [2.24, 2.45) is 0 Å². The molecule has 2 unspecified atom stereocenters. The van der Waals surface area contributed by atoms with Crippen molar-refractivity contribution >= 4 is 11.4 Å². The Kier molecular flexibility index (Phi) is 5.06. The Balaban J connectivity index is 0.00000192. The molecule has 0 saturated carbocycles. The van der Waals surface area contributed by atoms with Gasteiger partial charge in [0.05, 0.1) is 12.6 Å². The van der Waals surface area contributed by atoms with Crippen molar-refractivity contribution in [2.45, 2.75) is 25.8 Å². The second-order valence-electron chi connectivity index (χ2n) is 5.70. The zero-order chi connectivity index (χ0) is 15.9. The van der Waals surface area contributed by atoms with Crippen molar-refractivity contribution < 1.29 is 35.1 Å². The molecule has 0 spiro atoms. The minimum atomic E-state index is -4.31. The van der Waals surface area contributed by atoms with Crippen LogP contribution in [-0.4, -0.2) is 13.2 Å². The summed E-state index contributed by atoms with van der Waals surface area (Å²) in [6, 6.07) is 13.8. The van der Waals surface area contributed by atoms with Gasteiger partial charge in [-0.25, -0.2) is 0 Å². The van der Waals surface area contributed by atoms with E-state index >= 15 is 0 Å². The second-order valence-corrected chi connectivity index (χ2v) is 5.70. The molecule has 1 aliphatic heterocycles. The third-order valence-corrected chi connectivity index (χ3v) is 4.35. The van der Waals surface area contributed by atoms with E-state index < -0.39 is 11.7 Å². The predicted octanol–water partition coefficient (Wildman–Crippen LogP) is 0.222. The van der Waals surface area contributed by atoms with Gasteiger partial charge in [-0.3, -0.25) is 4.90 Å². The van der Waals surface area contributed by atoms with Crippen LogP contribution in [0, 0.1) is 0 Å². The van der Waals surface area contributed by atoms with Crippen molar-refractivity contribution in [3.8, 4) is 0 Å². The zero-order valence-electron chi connectivity index (χ0n) is 12.9. The largest absolute Gasteiger partial charge is 1.00 e. The van der Waals surface area contributed by atoms with E-state index in [0.717, 1.165) is 16.2 Å². The molecule has 0 fully saturated rings. The summed E-state index contributed by atoms with van der Waals surface area (Å²) in [6.45, 7) is 2.64. The average molecular weight is 387 g/mol. The van der Waals surface area contributed by atoms with Crippen LogP contribution in [0.15, 0.2) is 48.5 Å². The highest BCUT2D eigenvalue weighted by atomic mass is 79.9. The highest BCUT2D eigenvalue weighted by Gasteiger charge is 2.39. The smallest absolute Gasteiger partial charge is 0.416 e. The lowest BCUT2D eigenvalue weighted by atomic mass is 10.1. The van der Waals surface area contributed by atoms with Gasteiger partial charge in [0.25, 0.3) is 0 Å². The molecular formula is C17H18BrF3N2. The van der Waals surface area contributed by atoms with Crippen molar-refractivity contribution in [2.75, 3.05) is 11.9 Å². The highest BCUT2D eigenvalue weighted by Crippen LogP contribution is 2.37. The van der Waals surface area contributed by atoms with Crippen LogP contribution in [0.25, 0.3) is 0 Å². The lowest BCUT2D eigenvalue weighted by molar-refractivity contribution is -0.829. The van der Waals surface area contributed by atoms with Gasteiger partial charge in [-0.05, 0) is 17.7 Å². The molecule has 6 heteroatoms. The molecule has 0 saturated heterocycles. The molecule has 0 aromatic heterocycles. The quantitative estimate of drug-likeness (QED) is 0.775. The van der Waals surface area contributed by atoms with E-state index in [1.165, 1.54) is 12.1 Å². The normalized spacial score (nSPS) is 20.1. The molecule has 23 heavy (non-hydrogen) atoms. The number of fused-ring (bicyclic) bond motifs is 1. The first-order valence-electron chi connectivity index (χ1n) is 7.23. The summed E-state index contributed by atoms with van der Waals surface area (Å²) in [5.41, 5.74) is 2.08. The van der Waals surface area contributed by atoms with E-state index in [1.807, 2.05) is 49.2 Å². The minimum Gasteiger partial charge on any atom is -1.00 e. The Morgan fingerprint density at radius 3 is 2.35 bits per heavy atom. The van der Waals surface area contributed by atoms with Crippen LogP contribution >= 0.6 is 0 Å². The van der Waals surface area contributed by atoms with E-state index in [0.29, 0.717) is 12.2 Å². The summed E-state index contributed by atoms with van der Waals surface area (Å²) in [7, 11) is 1.99. The Bertz CT molecular complexity index is 673. The standard InChI is InChI=1S/C17H17F3N2.BrH/c1-12-21(2)15-9-8-14(17(18,19)20)10-16(15)22(12)11-13-6-4-3-5-7-13;/h3-10,12H,11H2,1-2H3;1H. The van der Waals surface area contributed by atoms with Gasteiger partial charge < -0.3 is 21.9 Å². The predicted molar refractivity (Wildman–Crippen MR) is 80.1 cm³/mol. The number of anilines is 1. The van der Waals surface area contributed by atoms with Gasteiger partial charge in [0.15, 0.2) is 11.9 Å². The molecule has 0 amide bonds. The first-order chi connectivity index (χ1) is 10.4. The van der Waals surface area contributed by atoms with Gasteiger partial charge in [0, 0.05) is 19.5 Å². The average Bonchev–Trinajstić information content (AvgIpc) is 2.72. The zero-order valence-corrected chi connectivity index (χ0v) is 14.4.